The van der Waals surface area contributed by atoms with Crippen molar-refractivity contribution in [2.75, 3.05) is 23.3 Å². The number of ether oxygens (including phenoxy) is 1. The van der Waals surface area contributed by atoms with Gasteiger partial charge < -0.3 is 20.3 Å². The number of carbonyl (C=O) groups excluding carboxylic acids is 2. The van der Waals surface area contributed by atoms with Crippen LogP contribution in [0.15, 0.2) is 34.1 Å². The smallest absolute Gasteiger partial charge is 0.262 e. The Morgan fingerprint density at radius 3 is 2.52 bits per heavy atom. The fourth-order valence-electron chi connectivity index (χ4n) is 3.24. The summed E-state index contributed by atoms with van der Waals surface area (Å²) in [4.78, 5) is 27.0. The van der Waals surface area contributed by atoms with E-state index in [0.717, 1.165) is 3.79 Å². The van der Waals surface area contributed by atoms with E-state index in [0.29, 0.717) is 29.3 Å². The molecule has 9 heteroatoms. The van der Waals surface area contributed by atoms with Gasteiger partial charge in [-0.15, -0.1) is 11.3 Å². The van der Waals surface area contributed by atoms with Gasteiger partial charge in [-0.2, -0.15) is 0 Å². The summed E-state index contributed by atoms with van der Waals surface area (Å²) in [6.45, 7) is 6.71. The van der Waals surface area contributed by atoms with Crippen molar-refractivity contribution in [1.82, 2.24) is 5.32 Å². The number of nitrogens with zero attached hydrogens (tertiary/aromatic N) is 1. The zero-order chi connectivity index (χ0) is 21.1. The molecule has 3 rings (SSSR count). The Morgan fingerprint density at radius 2 is 1.93 bits per heavy atom. The summed E-state index contributed by atoms with van der Waals surface area (Å²) < 4.78 is 21.2. The molecule has 1 aromatic carbocycles. The molecule has 29 heavy (non-hydrogen) atoms. The minimum absolute atomic E-state index is 0.0194. The zero-order valence-corrected chi connectivity index (χ0v) is 18.8. The van der Waals surface area contributed by atoms with Crippen LogP contribution < -0.4 is 15.5 Å². The number of amides is 2. The van der Waals surface area contributed by atoms with E-state index < -0.39 is 17.8 Å². The first kappa shape index (κ1) is 21.7. The molecule has 0 bridgehead atoms. The number of morpholine rings is 1. The van der Waals surface area contributed by atoms with Gasteiger partial charge in [-0.25, -0.2) is 4.39 Å². The topological polar surface area (TPSA) is 70.7 Å². The maximum atomic E-state index is 14.7. The highest BCUT2D eigenvalue weighted by Gasteiger charge is 2.24. The minimum Gasteiger partial charge on any atom is -0.372 e. The Bertz CT molecular complexity index is 897. The number of hydrogen-bond acceptors (Lipinski definition) is 5. The number of rotatable bonds is 5. The van der Waals surface area contributed by atoms with Crippen molar-refractivity contribution in [3.8, 4) is 0 Å². The number of nitrogens with one attached hydrogen (secondary N) is 2. The maximum Gasteiger partial charge on any atom is 0.262 e. The summed E-state index contributed by atoms with van der Waals surface area (Å²) in [6, 6.07) is 7.28. The van der Waals surface area contributed by atoms with E-state index in [-0.39, 0.29) is 18.1 Å². The SMILES string of the molecule is CC1CN(c2ccc(NC(=O)C(C)NC(=O)c3ccc(Br)s3)cc2F)CC(C)O1. The predicted octanol–water partition coefficient (Wildman–Crippen LogP) is 4.02. The maximum absolute atomic E-state index is 14.7. The first-order valence-corrected chi connectivity index (χ1v) is 10.9. The molecule has 0 saturated carbocycles. The second-order valence-electron chi connectivity index (χ2n) is 7.12. The molecule has 1 aliphatic heterocycles. The summed E-state index contributed by atoms with van der Waals surface area (Å²) in [7, 11) is 0. The molecule has 6 nitrogen and oxygen atoms in total. The number of thiophene rings is 1. The molecule has 2 heterocycles. The largest absolute Gasteiger partial charge is 0.372 e. The Morgan fingerprint density at radius 1 is 1.24 bits per heavy atom. The van der Waals surface area contributed by atoms with Gasteiger partial charge in [0, 0.05) is 18.8 Å². The van der Waals surface area contributed by atoms with E-state index in [2.05, 4.69) is 26.6 Å². The summed E-state index contributed by atoms with van der Waals surface area (Å²) >= 11 is 4.58. The summed E-state index contributed by atoms with van der Waals surface area (Å²) in [5.74, 6) is -1.17. The summed E-state index contributed by atoms with van der Waals surface area (Å²) in [5, 5.41) is 5.29. The molecular weight excluding hydrogens is 461 g/mol. The monoisotopic (exact) mass is 483 g/mol. The number of halogens is 2. The van der Waals surface area contributed by atoms with Crippen LogP contribution in [0.3, 0.4) is 0 Å². The van der Waals surface area contributed by atoms with Crippen LogP contribution in [0.2, 0.25) is 0 Å². The molecule has 0 radical (unpaired) electrons. The van der Waals surface area contributed by atoms with Gasteiger partial charge in [-0.3, -0.25) is 9.59 Å². The molecule has 0 spiro atoms. The molecular formula is C20H23BrFN3O3S. The highest BCUT2D eigenvalue weighted by atomic mass is 79.9. The Labute approximate surface area is 181 Å². The van der Waals surface area contributed by atoms with Gasteiger partial charge in [-0.05, 0) is 67.0 Å². The van der Waals surface area contributed by atoms with Gasteiger partial charge in [-0.1, -0.05) is 0 Å². The quantitative estimate of drug-likeness (QED) is 0.673. The third-order valence-corrected chi connectivity index (χ3v) is 6.14. The molecule has 2 aromatic rings. The van der Waals surface area contributed by atoms with Crippen molar-refractivity contribution < 1.29 is 18.7 Å². The number of carbonyl (C=O) groups is 2. The highest BCUT2D eigenvalue weighted by Crippen LogP contribution is 2.26. The number of benzene rings is 1. The van der Waals surface area contributed by atoms with Gasteiger partial charge in [0.2, 0.25) is 5.91 Å². The third-order valence-electron chi connectivity index (χ3n) is 4.51. The summed E-state index contributed by atoms with van der Waals surface area (Å²) in [6.07, 6.45) is 0.0388. The Kier molecular flexibility index (Phi) is 6.92. The van der Waals surface area contributed by atoms with Crippen LogP contribution in [0.5, 0.6) is 0 Å². The molecule has 2 N–H and O–H groups in total. The predicted molar refractivity (Wildman–Crippen MR) is 116 cm³/mol. The van der Waals surface area contributed by atoms with Gasteiger partial charge >= 0.3 is 0 Å². The molecule has 1 aliphatic rings. The van der Waals surface area contributed by atoms with Crippen molar-refractivity contribution in [2.24, 2.45) is 0 Å². The van der Waals surface area contributed by atoms with Crippen LogP contribution in [0.25, 0.3) is 0 Å². The molecule has 2 amide bonds. The fourth-order valence-corrected chi connectivity index (χ4v) is 4.53. The highest BCUT2D eigenvalue weighted by molar-refractivity contribution is 9.11. The number of anilines is 2. The average molecular weight is 484 g/mol. The first-order chi connectivity index (χ1) is 13.7. The van der Waals surface area contributed by atoms with Crippen LogP contribution in [0.1, 0.15) is 30.4 Å². The minimum atomic E-state index is -0.771. The van der Waals surface area contributed by atoms with E-state index in [9.17, 15) is 14.0 Å². The van der Waals surface area contributed by atoms with Crippen molar-refractivity contribution in [3.63, 3.8) is 0 Å². The lowest BCUT2D eigenvalue weighted by atomic mass is 10.1. The normalized spacial score (nSPS) is 20.2. The second kappa shape index (κ2) is 9.23. The van der Waals surface area contributed by atoms with E-state index in [1.807, 2.05) is 18.7 Å². The van der Waals surface area contributed by atoms with Crippen molar-refractivity contribution in [2.45, 2.75) is 39.0 Å². The lowest BCUT2D eigenvalue weighted by Gasteiger charge is -2.37. The van der Waals surface area contributed by atoms with E-state index in [4.69, 9.17) is 4.74 Å². The number of hydrogen-bond donors (Lipinski definition) is 2. The summed E-state index contributed by atoms with van der Waals surface area (Å²) in [5.41, 5.74) is 0.820. The van der Waals surface area contributed by atoms with Crippen LogP contribution in [0, 0.1) is 5.82 Å². The standard InChI is InChI=1S/C20H23BrFN3O3S/c1-11-9-25(10-12(2)28-11)16-5-4-14(8-15(16)22)24-19(26)13(3)23-20(27)17-6-7-18(21)29-17/h4-8,11-13H,9-10H2,1-3H3,(H,23,27)(H,24,26). The van der Waals surface area contributed by atoms with Gasteiger partial charge in [0.25, 0.3) is 5.91 Å². The first-order valence-electron chi connectivity index (χ1n) is 9.30. The van der Waals surface area contributed by atoms with Crippen LogP contribution >= 0.6 is 27.3 Å². The molecule has 0 aliphatic carbocycles. The lowest BCUT2D eigenvalue weighted by molar-refractivity contribution is -0.117. The molecule has 156 valence electrons. The molecule has 1 saturated heterocycles. The average Bonchev–Trinajstić information content (AvgIpc) is 3.07. The molecule has 3 unspecified atom stereocenters. The zero-order valence-electron chi connectivity index (χ0n) is 16.4. The molecule has 1 aromatic heterocycles. The molecule has 1 fully saturated rings. The van der Waals surface area contributed by atoms with Crippen LogP contribution in [-0.4, -0.2) is 43.2 Å². The second-order valence-corrected chi connectivity index (χ2v) is 9.58. The lowest BCUT2D eigenvalue weighted by Crippen LogP contribution is -2.45. The van der Waals surface area contributed by atoms with E-state index in [1.54, 1.807) is 31.2 Å². The molecule has 3 atom stereocenters. The van der Waals surface area contributed by atoms with Crippen LogP contribution in [0.4, 0.5) is 15.8 Å². The van der Waals surface area contributed by atoms with Crippen molar-refractivity contribution in [3.05, 3.63) is 44.8 Å². The van der Waals surface area contributed by atoms with E-state index >= 15 is 0 Å². The fraction of sp³-hybridized carbons (Fsp3) is 0.400. The van der Waals surface area contributed by atoms with Gasteiger partial charge in [0.15, 0.2) is 0 Å². The Hall–Kier alpha value is -1.97. The van der Waals surface area contributed by atoms with Gasteiger partial charge in [0.1, 0.15) is 11.9 Å². The van der Waals surface area contributed by atoms with Crippen molar-refractivity contribution >= 4 is 50.5 Å². The van der Waals surface area contributed by atoms with Crippen molar-refractivity contribution in [1.29, 1.82) is 0 Å². The van der Waals surface area contributed by atoms with E-state index in [1.165, 1.54) is 17.4 Å². The third kappa shape index (κ3) is 5.55. The Balaban J connectivity index is 1.61. The van der Waals surface area contributed by atoms with Gasteiger partial charge in [0.05, 0.1) is 26.6 Å². The van der Waals surface area contributed by atoms with Crippen LogP contribution in [-0.2, 0) is 9.53 Å².